The van der Waals surface area contributed by atoms with E-state index in [1.807, 2.05) is 0 Å². The summed E-state index contributed by atoms with van der Waals surface area (Å²) >= 11 is 0. The largest absolute Gasteiger partial charge is 0.465 e. The molecule has 0 aromatic rings. The Bertz CT molecular complexity index is 286. The van der Waals surface area contributed by atoms with E-state index in [4.69, 9.17) is 14.7 Å². The summed E-state index contributed by atoms with van der Waals surface area (Å²) in [5.41, 5.74) is 0. The smallest absolute Gasteiger partial charge is 0.320 e. The van der Waals surface area contributed by atoms with Gasteiger partial charge in [-0.05, 0) is 20.3 Å². The number of rotatable bonds is 6. The van der Waals surface area contributed by atoms with Gasteiger partial charge in [0.2, 0.25) is 0 Å². The normalized spacial score (nSPS) is 10.1. The van der Waals surface area contributed by atoms with Gasteiger partial charge in [-0.3, -0.25) is 9.59 Å². The predicted octanol–water partition coefficient (Wildman–Crippen LogP) is 1.20. The van der Waals surface area contributed by atoms with E-state index in [1.165, 1.54) is 12.2 Å². The summed E-state index contributed by atoms with van der Waals surface area (Å²) < 4.78 is 9.49. The van der Waals surface area contributed by atoms with Gasteiger partial charge in [0.1, 0.15) is 0 Å². The lowest BCUT2D eigenvalue weighted by molar-refractivity contribution is -0.161. The minimum Gasteiger partial charge on any atom is -0.465 e. The number of nitrogens with zero attached hydrogens (tertiary/aromatic N) is 1. The lowest BCUT2D eigenvalue weighted by Gasteiger charge is -2.11. The quantitative estimate of drug-likeness (QED) is 0.385. The van der Waals surface area contributed by atoms with Crippen LogP contribution >= 0.6 is 0 Å². The van der Waals surface area contributed by atoms with E-state index in [-0.39, 0.29) is 19.6 Å². The average Bonchev–Trinajstić information content (AvgIpc) is 2.25. The van der Waals surface area contributed by atoms with Crippen LogP contribution in [0.5, 0.6) is 0 Å². The molecule has 0 N–H and O–H groups in total. The van der Waals surface area contributed by atoms with Crippen molar-refractivity contribution in [2.75, 3.05) is 13.2 Å². The summed E-state index contributed by atoms with van der Waals surface area (Å²) in [5.74, 6) is -2.23. The summed E-state index contributed by atoms with van der Waals surface area (Å²) in [5, 5.41) is 8.29. The summed E-state index contributed by atoms with van der Waals surface area (Å²) in [6.07, 6.45) is 2.77. The fourth-order valence-electron chi connectivity index (χ4n) is 1.03. The van der Waals surface area contributed by atoms with Crippen LogP contribution in [0.25, 0.3) is 0 Å². The number of carbonyl (C=O) groups is 2. The maximum Gasteiger partial charge on any atom is 0.320 e. The molecule has 88 valence electrons. The van der Waals surface area contributed by atoms with E-state index in [1.54, 1.807) is 19.9 Å². The highest BCUT2D eigenvalue weighted by atomic mass is 16.6. The lowest BCUT2D eigenvalue weighted by Crippen LogP contribution is -2.27. The second-order valence-electron chi connectivity index (χ2n) is 2.82. The standard InChI is InChI=1S/C11H15NO4/c1-3-15-10(13)9(7-5-6-8-12)11(14)16-4-2/h5-6,9H,3-4,7H2,1-2H3/b6-5-. The van der Waals surface area contributed by atoms with Crippen LogP contribution < -0.4 is 0 Å². The van der Waals surface area contributed by atoms with Crippen LogP contribution in [-0.4, -0.2) is 25.2 Å². The summed E-state index contributed by atoms with van der Waals surface area (Å²) in [6.45, 7) is 3.73. The van der Waals surface area contributed by atoms with Crippen LogP contribution in [0.1, 0.15) is 20.3 Å². The first-order valence-electron chi connectivity index (χ1n) is 5.05. The van der Waals surface area contributed by atoms with E-state index < -0.39 is 17.9 Å². The van der Waals surface area contributed by atoms with Crippen molar-refractivity contribution in [1.29, 1.82) is 5.26 Å². The molecule has 0 aliphatic heterocycles. The zero-order valence-electron chi connectivity index (χ0n) is 9.43. The van der Waals surface area contributed by atoms with E-state index >= 15 is 0 Å². The molecule has 0 aromatic heterocycles. The molecule has 5 nitrogen and oxygen atoms in total. The SMILES string of the molecule is CCOC(=O)C(C/C=C\C#N)C(=O)OCC. The molecule has 0 aromatic carbocycles. The van der Waals surface area contributed by atoms with Crippen LogP contribution in [0.3, 0.4) is 0 Å². The second-order valence-corrected chi connectivity index (χ2v) is 2.82. The number of allylic oxidation sites excluding steroid dienone is 2. The van der Waals surface area contributed by atoms with Crippen molar-refractivity contribution in [1.82, 2.24) is 0 Å². The lowest BCUT2D eigenvalue weighted by atomic mass is 10.1. The van der Waals surface area contributed by atoms with Gasteiger partial charge in [-0.2, -0.15) is 5.26 Å². The molecular formula is C11H15NO4. The molecule has 0 amide bonds. The Balaban J connectivity index is 4.50. The molecule has 0 unspecified atom stereocenters. The first-order valence-corrected chi connectivity index (χ1v) is 5.05. The molecule has 16 heavy (non-hydrogen) atoms. The van der Waals surface area contributed by atoms with Gasteiger partial charge in [0.15, 0.2) is 5.92 Å². The van der Waals surface area contributed by atoms with Crippen LogP contribution in [-0.2, 0) is 19.1 Å². The highest BCUT2D eigenvalue weighted by Crippen LogP contribution is 2.09. The van der Waals surface area contributed by atoms with Gasteiger partial charge in [0.25, 0.3) is 0 Å². The van der Waals surface area contributed by atoms with Crippen molar-refractivity contribution in [3.05, 3.63) is 12.2 Å². The van der Waals surface area contributed by atoms with Gasteiger partial charge in [0, 0.05) is 6.08 Å². The fraction of sp³-hybridized carbons (Fsp3) is 0.545. The number of esters is 2. The van der Waals surface area contributed by atoms with Crippen LogP contribution in [0.4, 0.5) is 0 Å². The van der Waals surface area contributed by atoms with Crippen LogP contribution in [0, 0.1) is 17.2 Å². The number of hydrogen-bond donors (Lipinski definition) is 0. The predicted molar refractivity (Wildman–Crippen MR) is 56.1 cm³/mol. The molecule has 0 rings (SSSR count). The van der Waals surface area contributed by atoms with Crippen molar-refractivity contribution in [3.63, 3.8) is 0 Å². The number of nitriles is 1. The molecule has 5 heteroatoms. The Morgan fingerprint density at radius 1 is 1.25 bits per heavy atom. The first-order chi connectivity index (χ1) is 7.67. The van der Waals surface area contributed by atoms with Gasteiger partial charge < -0.3 is 9.47 Å². The van der Waals surface area contributed by atoms with Gasteiger partial charge >= 0.3 is 11.9 Å². The monoisotopic (exact) mass is 225 g/mol. The van der Waals surface area contributed by atoms with Crippen molar-refractivity contribution in [2.45, 2.75) is 20.3 Å². The number of ether oxygens (including phenoxy) is 2. The van der Waals surface area contributed by atoms with Gasteiger partial charge in [-0.1, -0.05) is 6.08 Å². The minimum atomic E-state index is -0.982. The van der Waals surface area contributed by atoms with E-state index in [0.717, 1.165) is 0 Å². The third-order valence-corrected chi connectivity index (χ3v) is 1.71. The Labute approximate surface area is 94.6 Å². The molecule has 0 bridgehead atoms. The summed E-state index contributed by atoms with van der Waals surface area (Å²) in [7, 11) is 0. The Morgan fingerprint density at radius 3 is 2.12 bits per heavy atom. The van der Waals surface area contributed by atoms with E-state index in [9.17, 15) is 9.59 Å². The molecular weight excluding hydrogens is 210 g/mol. The number of carbonyl (C=O) groups excluding carboxylic acids is 2. The topological polar surface area (TPSA) is 76.4 Å². The molecule has 0 saturated heterocycles. The molecule has 0 saturated carbocycles. The zero-order valence-corrected chi connectivity index (χ0v) is 9.43. The van der Waals surface area contributed by atoms with E-state index in [2.05, 4.69) is 0 Å². The minimum absolute atomic E-state index is 0.116. The van der Waals surface area contributed by atoms with Crippen LogP contribution in [0.15, 0.2) is 12.2 Å². The Hall–Kier alpha value is -1.83. The fourth-order valence-corrected chi connectivity index (χ4v) is 1.03. The zero-order chi connectivity index (χ0) is 12.4. The highest BCUT2D eigenvalue weighted by molar-refractivity contribution is 5.95. The van der Waals surface area contributed by atoms with Gasteiger partial charge in [-0.25, -0.2) is 0 Å². The van der Waals surface area contributed by atoms with Crippen molar-refractivity contribution >= 4 is 11.9 Å². The third kappa shape index (κ3) is 5.15. The van der Waals surface area contributed by atoms with Crippen molar-refractivity contribution < 1.29 is 19.1 Å². The molecule has 0 heterocycles. The first kappa shape index (κ1) is 14.2. The van der Waals surface area contributed by atoms with Crippen LogP contribution in [0.2, 0.25) is 0 Å². The van der Waals surface area contributed by atoms with Gasteiger partial charge in [0.05, 0.1) is 19.3 Å². The molecule has 0 fully saturated rings. The molecule has 0 spiro atoms. The number of hydrogen-bond acceptors (Lipinski definition) is 5. The molecule has 0 aliphatic carbocycles. The molecule has 0 aliphatic rings. The van der Waals surface area contributed by atoms with Gasteiger partial charge in [-0.15, -0.1) is 0 Å². The van der Waals surface area contributed by atoms with Crippen molar-refractivity contribution in [3.8, 4) is 6.07 Å². The second kappa shape index (κ2) is 8.48. The summed E-state index contributed by atoms with van der Waals surface area (Å²) in [4.78, 5) is 22.8. The van der Waals surface area contributed by atoms with E-state index in [0.29, 0.717) is 0 Å². The maximum atomic E-state index is 11.4. The molecule has 0 radical (unpaired) electrons. The van der Waals surface area contributed by atoms with Crippen molar-refractivity contribution in [2.24, 2.45) is 5.92 Å². The Kier molecular flexibility index (Phi) is 7.51. The Morgan fingerprint density at radius 2 is 1.75 bits per heavy atom. The summed E-state index contributed by atoms with van der Waals surface area (Å²) in [6, 6.07) is 1.78. The highest BCUT2D eigenvalue weighted by Gasteiger charge is 2.27. The third-order valence-electron chi connectivity index (χ3n) is 1.71. The average molecular weight is 225 g/mol. The maximum absolute atomic E-state index is 11.4. The molecule has 0 atom stereocenters.